The summed E-state index contributed by atoms with van der Waals surface area (Å²) in [5, 5.41) is 6.56. The Kier molecular flexibility index (Phi) is 1.81. The highest BCUT2D eigenvalue weighted by Gasteiger charge is 2.46. The summed E-state index contributed by atoms with van der Waals surface area (Å²) in [6.07, 6.45) is 1.97. The molecule has 3 heterocycles. The van der Waals surface area contributed by atoms with Gasteiger partial charge in [0.25, 0.3) is 0 Å². The first-order chi connectivity index (χ1) is 5.77. The number of hydrogen-bond acceptors (Lipinski definition) is 4. The van der Waals surface area contributed by atoms with E-state index in [9.17, 15) is 4.79 Å². The van der Waals surface area contributed by atoms with Crippen molar-refractivity contribution in [2.24, 2.45) is 0 Å². The fourth-order valence-corrected chi connectivity index (χ4v) is 2.02. The fourth-order valence-electron chi connectivity index (χ4n) is 2.02. The summed E-state index contributed by atoms with van der Waals surface area (Å²) >= 11 is 0. The lowest BCUT2D eigenvalue weighted by atomic mass is 9.82. The summed E-state index contributed by atoms with van der Waals surface area (Å²) in [6.45, 7) is 1.60. The highest BCUT2D eigenvalue weighted by Crippen LogP contribution is 2.25. The van der Waals surface area contributed by atoms with Crippen LogP contribution in [0.2, 0.25) is 0 Å². The largest absolute Gasteiger partial charge is 0.468 e. The topological polar surface area (TPSA) is 50.4 Å². The second kappa shape index (κ2) is 2.71. The first-order valence-electron chi connectivity index (χ1n) is 4.34. The Hall–Kier alpha value is -0.610. The van der Waals surface area contributed by atoms with Gasteiger partial charge in [0.2, 0.25) is 0 Å². The zero-order valence-electron chi connectivity index (χ0n) is 7.22. The molecule has 0 saturated carbocycles. The van der Waals surface area contributed by atoms with Crippen LogP contribution in [0, 0.1) is 0 Å². The molecular weight excluding hydrogens is 156 g/mol. The smallest absolute Gasteiger partial charge is 0.327 e. The van der Waals surface area contributed by atoms with Gasteiger partial charge in [-0.15, -0.1) is 0 Å². The Morgan fingerprint density at radius 2 is 2.50 bits per heavy atom. The number of piperidine rings is 2. The molecule has 4 heteroatoms. The molecule has 3 fully saturated rings. The molecule has 12 heavy (non-hydrogen) atoms. The van der Waals surface area contributed by atoms with Crippen LogP contribution in [0.25, 0.3) is 0 Å². The van der Waals surface area contributed by atoms with Crippen molar-refractivity contribution >= 4 is 5.97 Å². The zero-order valence-corrected chi connectivity index (χ0v) is 7.22. The first-order valence-corrected chi connectivity index (χ1v) is 4.34. The lowest BCUT2D eigenvalue weighted by Crippen LogP contribution is -2.71. The molecule has 2 atom stereocenters. The maximum absolute atomic E-state index is 11.4. The highest BCUT2D eigenvalue weighted by atomic mass is 16.5. The second-order valence-electron chi connectivity index (χ2n) is 3.57. The number of nitrogens with one attached hydrogen (secondary N) is 2. The molecule has 3 rings (SSSR count). The quantitative estimate of drug-likeness (QED) is 0.509. The minimum atomic E-state index is -0.427. The second-order valence-corrected chi connectivity index (χ2v) is 3.57. The molecule has 0 aliphatic carbocycles. The van der Waals surface area contributed by atoms with Gasteiger partial charge in [-0.25, -0.2) is 0 Å². The molecule has 0 aromatic heterocycles. The summed E-state index contributed by atoms with van der Waals surface area (Å²) in [5.41, 5.74) is -0.427. The van der Waals surface area contributed by atoms with E-state index >= 15 is 0 Å². The van der Waals surface area contributed by atoms with E-state index in [2.05, 4.69) is 10.6 Å². The van der Waals surface area contributed by atoms with Crippen molar-refractivity contribution in [3.8, 4) is 0 Å². The minimum Gasteiger partial charge on any atom is -0.468 e. The van der Waals surface area contributed by atoms with E-state index in [0.29, 0.717) is 12.6 Å². The molecule has 68 valence electrons. The van der Waals surface area contributed by atoms with E-state index < -0.39 is 5.54 Å². The van der Waals surface area contributed by atoms with E-state index in [1.165, 1.54) is 7.11 Å². The van der Waals surface area contributed by atoms with Gasteiger partial charge in [0, 0.05) is 19.1 Å². The number of esters is 1. The minimum absolute atomic E-state index is 0.131. The van der Waals surface area contributed by atoms with Gasteiger partial charge < -0.3 is 10.1 Å². The molecule has 0 spiro atoms. The number of methoxy groups -OCH3 is 1. The summed E-state index contributed by atoms with van der Waals surface area (Å²) in [6, 6.07) is 0.552. The molecule has 2 N–H and O–H groups in total. The lowest BCUT2D eigenvalue weighted by molar-refractivity contribution is -0.151. The van der Waals surface area contributed by atoms with Crippen molar-refractivity contribution < 1.29 is 9.53 Å². The third-order valence-corrected chi connectivity index (χ3v) is 2.88. The average molecular weight is 170 g/mol. The summed E-state index contributed by atoms with van der Waals surface area (Å²) in [7, 11) is 1.44. The van der Waals surface area contributed by atoms with Gasteiger partial charge in [-0.2, -0.15) is 0 Å². The van der Waals surface area contributed by atoms with Gasteiger partial charge in [0.05, 0.1) is 7.11 Å². The van der Waals surface area contributed by atoms with Crippen LogP contribution in [0.5, 0.6) is 0 Å². The Morgan fingerprint density at radius 1 is 1.67 bits per heavy atom. The molecule has 0 radical (unpaired) electrons. The summed E-state index contributed by atoms with van der Waals surface area (Å²) < 4.78 is 4.77. The summed E-state index contributed by atoms with van der Waals surface area (Å²) in [5.74, 6) is -0.131. The van der Waals surface area contributed by atoms with Gasteiger partial charge in [-0.3, -0.25) is 10.1 Å². The lowest BCUT2D eigenvalue weighted by Gasteiger charge is -2.45. The molecule has 2 bridgehead atoms. The molecule has 0 amide bonds. The van der Waals surface area contributed by atoms with Gasteiger partial charge in [-0.05, 0) is 12.8 Å². The third-order valence-electron chi connectivity index (χ3n) is 2.88. The van der Waals surface area contributed by atoms with Crippen LogP contribution in [-0.4, -0.2) is 37.7 Å². The molecule has 2 unspecified atom stereocenters. The predicted molar refractivity (Wildman–Crippen MR) is 43.8 cm³/mol. The number of carbonyl (C=O) groups excluding carboxylic acids is 1. The number of rotatable bonds is 1. The molecule has 0 aromatic carbocycles. The number of ether oxygens (including phenoxy) is 1. The Morgan fingerprint density at radius 3 is 2.92 bits per heavy atom. The van der Waals surface area contributed by atoms with E-state index in [0.717, 1.165) is 19.4 Å². The number of piperazine rings is 1. The number of fused-ring (bicyclic) bond motifs is 3. The maximum Gasteiger partial charge on any atom is 0.327 e. The Balaban J connectivity index is 2.13. The van der Waals surface area contributed by atoms with Crippen LogP contribution in [-0.2, 0) is 9.53 Å². The molecule has 3 aliphatic rings. The van der Waals surface area contributed by atoms with Crippen LogP contribution in [0.1, 0.15) is 12.8 Å². The number of hydrogen-bond donors (Lipinski definition) is 2. The van der Waals surface area contributed by atoms with Gasteiger partial charge >= 0.3 is 5.97 Å². The summed E-state index contributed by atoms with van der Waals surface area (Å²) in [4.78, 5) is 11.4. The van der Waals surface area contributed by atoms with E-state index in [1.54, 1.807) is 0 Å². The van der Waals surface area contributed by atoms with Crippen molar-refractivity contribution in [2.45, 2.75) is 24.4 Å². The Labute approximate surface area is 71.7 Å². The monoisotopic (exact) mass is 170 g/mol. The standard InChI is InChI=1S/C8H14N2O2/c1-12-7(11)8-3-2-6(4-10-8)9-5-8/h6,9-10H,2-5H2,1H3. The highest BCUT2D eigenvalue weighted by molar-refractivity contribution is 5.81. The van der Waals surface area contributed by atoms with Gasteiger partial charge in [-0.1, -0.05) is 0 Å². The maximum atomic E-state index is 11.4. The predicted octanol–water partition coefficient (Wildman–Crippen LogP) is -0.747. The van der Waals surface area contributed by atoms with E-state index in [1.807, 2.05) is 0 Å². The molecule has 3 saturated heterocycles. The Bertz CT molecular complexity index is 183. The van der Waals surface area contributed by atoms with Crippen LogP contribution >= 0.6 is 0 Å². The van der Waals surface area contributed by atoms with Crippen LogP contribution in [0.4, 0.5) is 0 Å². The number of carbonyl (C=O) groups is 1. The fraction of sp³-hybridized carbons (Fsp3) is 0.875. The van der Waals surface area contributed by atoms with Crippen LogP contribution in [0.3, 0.4) is 0 Å². The van der Waals surface area contributed by atoms with Crippen molar-refractivity contribution in [1.82, 2.24) is 10.6 Å². The normalized spacial score (nSPS) is 39.6. The zero-order chi connectivity index (χ0) is 8.60. The van der Waals surface area contributed by atoms with Crippen molar-refractivity contribution in [3.63, 3.8) is 0 Å². The molecule has 3 aliphatic heterocycles. The van der Waals surface area contributed by atoms with E-state index in [4.69, 9.17) is 4.74 Å². The van der Waals surface area contributed by atoms with Crippen molar-refractivity contribution in [3.05, 3.63) is 0 Å². The van der Waals surface area contributed by atoms with Crippen LogP contribution in [0.15, 0.2) is 0 Å². The average Bonchev–Trinajstić information content (AvgIpc) is 2.19. The molecule has 0 aromatic rings. The third kappa shape index (κ3) is 1.03. The van der Waals surface area contributed by atoms with Crippen molar-refractivity contribution in [1.29, 1.82) is 0 Å². The van der Waals surface area contributed by atoms with E-state index in [-0.39, 0.29) is 5.97 Å². The molecular formula is C8H14N2O2. The van der Waals surface area contributed by atoms with Gasteiger partial charge in [0.15, 0.2) is 0 Å². The van der Waals surface area contributed by atoms with Gasteiger partial charge in [0.1, 0.15) is 5.54 Å². The van der Waals surface area contributed by atoms with Crippen LogP contribution < -0.4 is 10.6 Å². The van der Waals surface area contributed by atoms with Crippen molar-refractivity contribution in [2.75, 3.05) is 20.2 Å². The first kappa shape index (κ1) is 8.01. The molecule has 4 nitrogen and oxygen atoms in total. The SMILES string of the molecule is COC(=O)C12CCC(CN1)NC2.